The van der Waals surface area contributed by atoms with Crippen LogP contribution in [0.1, 0.15) is 25.7 Å². The molecule has 64 valence electrons. The molecule has 0 aromatic heterocycles. The van der Waals surface area contributed by atoms with Crippen LogP contribution in [-0.4, -0.2) is 41.9 Å². The minimum atomic E-state index is 0.00171. The monoisotopic (exact) mass is 156 g/mol. The summed E-state index contributed by atoms with van der Waals surface area (Å²) < 4.78 is 1.24. The Morgan fingerprint density at radius 2 is 1.64 bits per heavy atom. The Morgan fingerprint density at radius 1 is 1.00 bits per heavy atom. The van der Waals surface area contributed by atoms with Crippen molar-refractivity contribution < 1.29 is 9.59 Å². The van der Waals surface area contributed by atoms with Gasteiger partial charge in [-0.15, -0.1) is 0 Å². The van der Waals surface area contributed by atoms with Gasteiger partial charge in [0.1, 0.15) is 12.6 Å². The molecular weight excluding hydrogens is 138 g/mol. The molecule has 0 bridgehead atoms. The molecule has 0 aromatic rings. The van der Waals surface area contributed by atoms with Crippen LogP contribution in [0.2, 0.25) is 0 Å². The molecule has 0 aliphatic carbocycles. The minimum Gasteiger partial charge on any atom is -0.387 e. The molecule has 2 aliphatic rings. The number of quaternary nitrogens is 1. The molecule has 1 atom stereocenters. The van der Waals surface area contributed by atoms with Gasteiger partial charge in [-0.05, 0) is 12.8 Å². The molecule has 2 rings (SSSR count). The summed E-state index contributed by atoms with van der Waals surface area (Å²) in [5.74, 6) is 0. The van der Waals surface area contributed by atoms with Gasteiger partial charge in [-0.25, -0.2) is 0 Å². The average molecular weight is 156 g/mol. The van der Waals surface area contributed by atoms with Gasteiger partial charge in [0, 0.05) is 12.8 Å². The summed E-state index contributed by atoms with van der Waals surface area (Å²) >= 11 is 0. The van der Waals surface area contributed by atoms with Gasteiger partial charge in [0.05, 0.1) is 19.6 Å². The maximum atomic E-state index is 9.52. The highest BCUT2D eigenvalue weighted by atomic mass is 16.3. The van der Waals surface area contributed by atoms with E-state index in [-0.39, 0.29) is 6.10 Å². The summed E-state index contributed by atoms with van der Waals surface area (Å²) in [6.45, 7) is 5.03. The van der Waals surface area contributed by atoms with Crippen LogP contribution in [0.15, 0.2) is 0 Å². The molecule has 0 aromatic carbocycles. The summed E-state index contributed by atoms with van der Waals surface area (Å²) in [4.78, 5) is 0. The zero-order valence-electron chi connectivity index (χ0n) is 7.13. The molecule has 2 fully saturated rings. The standard InChI is InChI=1S/C9H18NO/c11-9-4-3-7-10(8-9)5-1-2-6-10/h9,11H,1-8H2/q+1. The second-order valence-electron chi connectivity index (χ2n) is 4.20. The van der Waals surface area contributed by atoms with Crippen LogP contribution in [0.5, 0.6) is 0 Å². The summed E-state index contributed by atoms with van der Waals surface area (Å²) in [5, 5.41) is 9.52. The van der Waals surface area contributed by atoms with E-state index >= 15 is 0 Å². The number of hydrogen-bond acceptors (Lipinski definition) is 1. The van der Waals surface area contributed by atoms with Gasteiger partial charge in [0.25, 0.3) is 0 Å². The topological polar surface area (TPSA) is 20.2 Å². The van der Waals surface area contributed by atoms with Crippen LogP contribution >= 0.6 is 0 Å². The Kier molecular flexibility index (Phi) is 1.90. The van der Waals surface area contributed by atoms with Gasteiger partial charge < -0.3 is 9.59 Å². The Bertz CT molecular complexity index is 140. The maximum absolute atomic E-state index is 9.52. The molecular formula is C9H18NO+. The number of nitrogens with zero attached hydrogens (tertiary/aromatic N) is 1. The molecule has 2 heterocycles. The van der Waals surface area contributed by atoms with Crippen LogP contribution in [0.25, 0.3) is 0 Å². The van der Waals surface area contributed by atoms with Crippen LogP contribution in [0.4, 0.5) is 0 Å². The Morgan fingerprint density at radius 3 is 2.27 bits per heavy atom. The fraction of sp³-hybridized carbons (Fsp3) is 1.00. The van der Waals surface area contributed by atoms with Crippen molar-refractivity contribution in [1.29, 1.82) is 0 Å². The number of rotatable bonds is 0. The van der Waals surface area contributed by atoms with E-state index < -0.39 is 0 Å². The van der Waals surface area contributed by atoms with Crippen molar-refractivity contribution >= 4 is 0 Å². The van der Waals surface area contributed by atoms with E-state index in [1.807, 2.05) is 0 Å². The van der Waals surface area contributed by atoms with Crippen LogP contribution in [0.3, 0.4) is 0 Å². The molecule has 0 radical (unpaired) electrons. The summed E-state index contributed by atoms with van der Waals surface area (Å²) in [5.41, 5.74) is 0. The zero-order valence-corrected chi connectivity index (χ0v) is 7.13. The minimum absolute atomic E-state index is 0.00171. The van der Waals surface area contributed by atoms with Crippen LogP contribution in [0, 0.1) is 0 Å². The molecule has 11 heavy (non-hydrogen) atoms. The molecule has 2 nitrogen and oxygen atoms in total. The summed E-state index contributed by atoms with van der Waals surface area (Å²) in [7, 11) is 0. The Balaban J connectivity index is 2.00. The van der Waals surface area contributed by atoms with E-state index in [1.165, 1.54) is 43.4 Å². The van der Waals surface area contributed by atoms with Crippen molar-refractivity contribution in [3.63, 3.8) is 0 Å². The van der Waals surface area contributed by atoms with Gasteiger partial charge in [-0.2, -0.15) is 0 Å². The summed E-state index contributed by atoms with van der Waals surface area (Å²) in [6.07, 6.45) is 5.04. The van der Waals surface area contributed by atoms with Gasteiger partial charge in [0.2, 0.25) is 0 Å². The predicted molar refractivity (Wildman–Crippen MR) is 44.2 cm³/mol. The lowest BCUT2D eigenvalue weighted by Crippen LogP contribution is -2.53. The zero-order chi connectivity index (χ0) is 7.73. The van der Waals surface area contributed by atoms with E-state index in [4.69, 9.17) is 0 Å². The van der Waals surface area contributed by atoms with Gasteiger partial charge in [-0.1, -0.05) is 0 Å². The third-order valence-corrected chi connectivity index (χ3v) is 3.28. The molecule has 0 saturated carbocycles. The van der Waals surface area contributed by atoms with Crippen molar-refractivity contribution in [2.24, 2.45) is 0 Å². The molecule has 0 amide bonds. The van der Waals surface area contributed by atoms with E-state index in [0.717, 1.165) is 13.0 Å². The lowest BCUT2D eigenvalue weighted by atomic mass is 10.1. The van der Waals surface area contributed by atoms with E-state index in [0.29, 0.717) is 0 Å². The molecule has 2 saturated heterocycles. The quantitative estimate of drug-likeness (QED) is 0.513. The van der Waals surface area contributed by atoms with Gasteiger partial charge in [0.15, 0.2) is 0 Å². The van der Waals surface area contributed by atoms with Crippen molar-refractivity contribution in [2.75, 3.05) is 26.2 Å². The highest BCUT2D eigenvalue weighted by Crippen LogP contribution is 2.25. The highest BCUT2D eigenvalue weighted by molar-refractivity contribution is 4.66. The van der Waals surface area contributed by atoms with Crippen molar-refractivity contribution in [2.45, 2.75) is 31.8 Å². The van der Waals surface area contributed by atoms with E-state index in [2.05, 4.69) is 0 Å². The third kappa shape index (κ3) is 1.42. The smallest absolute Gasteiger partial charge is 0.105 e. The number of piperidine rings is 1. The first-order valence-electron chi connectivity index (χ1n) is 4.84. The van der Waals surface area contributed by atoms with Crippen LogP contribution in [-0.2, 0) is 0 Å². The predicted octanol–water partition coefficient (Wildman–Crippen LogP) is 0.752. The first kappa shape index (κ1) is 7.56. The Hall–Kier alpha value is -0.0800. The maximum Gasteiger partial charge on any atom is 0.105 e. The van der Waals surface area contributed by atoms with Crippen molar-refractivity contribution in [1.82, 2.24) is 0 Å². The van der Waals surface area contributed by atoms with Crippen molar-refractivity contribution in [3.8, 4) is 0 Å². The second-order valence-corrected chi connectivity index (χ2v) is 4.20. The average Bonchev–Trinajstić information content (AvgIpc) is 2.37. The molecule has 2 aliphatic heterocycles. The first-order valence-corrected chi connectivity index (χ1v) is 4.84. The van der Waals surface area contributed by atoms with Crippen LogP contribution < -0.4 is 0 Å². The Labute approximate surface area is 68.4 Å². The second kappa shape index (κ2) is 2.76. The van der Waals surface area contributed by atoms with Gasteiger partial charge in [-0.3, -0.25) is 0 Å². The highest BCUT2D eigenvalue weighted by Gasteiger charge is 2.36. The van der Waals surface area contributed by atoms with Gasteiger partial charge >= 0.3 is 0 Å². The third-order valence-electron chi connectivity index (χ3n) is 3.28. The SMILES string of the molecule is OC1CCC[N+]2(CCCC2)C1. The lowest BCUT2D eigenvalue weighted by molar-refractivity contribution is -0.924. The number of hydrogen-bond donors (Lipinski definition) is 1. The fourth-order valence-corrected chi connectivity index (χ4v) is 2.70. The largest absolute Gasteiger partial charge is 0.387 e. The van der Waals surface area contributed by atoms with E-state index in [9.17, 15) is 5.11 Å². The molecule has 2 heteroatoms. The van der Waals surface area contributed by atoms with Crippen molar-refractivity contribution in [3.05, 3.63) is 0 Å². The molecule has 1 unspecified atom stereocenters. The fourth-order valence-electron chi connectivity index (χ4n) is 2.70. The number of aliphatic hydroxyl groups excluding tert-OH is 1. The summed E-state index contributed by atoms with van der Waals surface area (Å²) in [6, 6.07) is 0. The van der Waals surface area contributed by atoms with E-state index in [1.54, 1.807) is 0 Å². The molecule has 1 spiro atoms. The first-order chi connectivity index (χ1) is 5.31. The number of aliphatic hydroxyl groups is 1. The normalized spacial score (nSPS) is 36.3. The molecule has 1 N–H and O–H groups in total. The lowest BCUT2D eigenvalue weighted by Gasteiger charge is -2.39.